The third kappa shape index (κ3) is 3.81. The molecule has 0 bridgehead atoms. The normalized spacial score (nSPS) is 14.1. The third-order valence-corrected chi connectivity index (χ3v) is 2.50. The summed E-state index contributed by atoms with van der Waals surface area (Å²) in [6, 6.07) is 6.93. The van der Waals surface area contributed by atoms with Crippen LogP contribution in [0.15, 0.2) is 24.3 Å². The fourth-order valence-corrected chi connectivity index (χ4v) is 1.49. The summed E-state index contributed by atoms with van der Waals surface area (Å²) in [5.74, 6) is -0.563. The van der Waals surface area contributed by atoms with Crippen LogP contribution in [0.2, 0.25) is 0 Å². The van der Waals surface area contributed by atoms with Gasteiger partial charge in [0, 0.05) is 6.54 Å². The Balaban J connectivity index is 2.73. The topological polar surface area (TPSA) is 92.8 Å². The second-order valence-corrected chi connectivity index (χ2v) is 3.74. The minimum atomic E-state index is -1.18. The van der Waals surface area contributed by atoms with E-state index in [1.54, 1.807) is 18.2 Å². The minimum absolute atomic E-state index is 0.246. The van der Waals surface area contributed by atoms with Crippen molar-refractivity contribution in [2.75, 3.05) is 7.11 Å². The number of hydrogen-bond donors (Lipinski definition) is 3. The molecule has 0 aliphatic heterocycles. The molecule has 1 aromatic rings. The van der Waals surface area contributed by atoms with Crippen molar-refractivity contribution < 1.29 is 19.7 Å². The molecule has 0 aliphatic rings. The van der Waals surface area contributed by atoms with Crippen LogP contribution >= 0.6 is 0 Å². The molecule has 0 saturated heterocycles. The molecule has 2 atom stereocenters. The number of benzene rings is 1. The van der Waals surface area contributed by atoms with E-state index in [0.717, 1.165) is 5.56 Å². The molecule has 1 aromatic carbocycles. The van der Waals surface area contributed by atoms with E-state index < -0.39 is 18.2 Å². The van der Waals surface area contributed by atoms with Crippen LogP contribution in [0.4, 0.5) is 0 Å². The van der Waals surface area contributed by atoms with Crippen LogP contribution in [0.5, 0.6) is 0 Å². The molecule has 0 aliphatic carbocycles. The Hall–Kier alpha value is -1.43. The Morgan fingerprint density at radius 1 is 1.47 bits per heavy atom. The maximum absolute atomic E-state index is 11.0. The van der Waals surface area contributed by atoms with Crippen LogP contribution in [-0.4, -0.2) is 29.4 Å². The SMILES string of the molecule is COC(=O)CC(O)C(O)c1cccc(CN)c1. The molecule has 0 aromatic heterocycles. The molecule has 5 nitrogen and oxygen atoms in total. The number of carbonyl (C=O) groups is 1. The van der Waals surface area contributed by atoms with Crippen molar-refractivity contribution in [3.63, 3.8) is 0 Å². The van der Waals surface area contributed by atoms with Gasteiger partial charge in [-0.1, -0.05) is 24.3 Å². The van der Waals surface area contributed by atoms with E-state index in [-0.39, 0.29) is 6.42 Å². The molecular formula is C12H17NO4. The quantitative estimate of drug-likeness (QED) is 0.634. The van der Waals surface area contributed by atoms with Gasteiger partial charge in [0.15, 0.2) is 0 Å². The number of carbonyl (C=O) groups excluding carboxylic acids is 1. The summed E-state index contributed by atoms with van der Waals surface area (Å²) in [6.45, 7) is 0.355. The lowest BCUT2D eigenvalue weighted by Gasteiger charge is -2.17. The van der Waals surface area contributed by atoms with Gasteiger partial charge in [-0.3, -0.25) is 4.79 Å². The van der Waals surface area contributed by atoms with E-state index in [1.807, 2.05) is 6.07 Å². The Morgan fingerprint density at radius 3 is 2.76 bits per heavy atom. The molecule has 0 radical (unpaired) electrons. The maximum atomic E-state index is 11.0. The molecule has 0 heterocycles. The summed E-state index contributed by atoms with van der Waals surface area (Å²) < 4.78 is 4.42. The standard InChI is InChI=1S/C12H17NO4/c1-17-11(15)6-10(14)12(16)9-4-2-3-8(5-9)7-13/h2-5,10,12,14,16H,6-7,13H2,1H3. The Kier molecular flexibility index (Phi) is 5.09. The zero-order valence-corrected chi connectivity index (χ0v) is 9.67. The molecular weight excluding hydrogens is 222 g/mol. The highest BCUT2D eigenvalue weighted by atomic mass is 16.5. The molecule has 5 heteroatoms. The second kappa shape index (κ2) is 6.34. The van der Waals surface area contributed by atoms with Gasteiger partial charge in [0.2, 0.25) is 0 Å². The number of methoxy groups -OCH3 is 1. The molecule has 4 N–H and O–H groups in total. The van der Waals surface area contributed by atoms with E-state index in [4.69, 9.17) is 5.73 Å². The predicted molar refractivity (Wildman–Crippen MR) is 61.9 cm³/mol. The van der Waals surface area contributed by atoms with E-state index in [0.29, 0.717) is 12.1 Å². The first-order chi connectivity index (χ1) is 8.08. The van der Waals surface area contributed by atoms with Crippen LogP contribution in [0.1, 0.15) is 23.7 Å². The van der Waals surface area contributed by atoms with Crippen molar-refractivity contribution in [1.82, 2.24) is 0 Å². The first-order valence-corrected chi connectivity index (χ1v) is 5.30. The van der Waals surface area contributed by atoms with Gasteiger partial charge < -0.3 is 20.7 Å². The lowest BCUT2D eigenvalue weighted by atomic mass is 10.0. The zero-order chi connectivity index (χ0) is 12.8. The average molecular weight is 239 g/mol. The van der Waals surface area contributed by atoms with E-state index in [2.05, 4.69) is 4.74 Å². The number of hydrogen-bond acceptors (Lipinski definition) is 5. The average Bonchev–Trinajstić information content (AvgIpc) is 2.37. The summed E-state index contributed by atoms with van der Waals surface area (Å²) in [5, 5.41) is 19.5. The van der Waals surface area contributed by atoms with E-state index in [9.17, 15) is 15.0 Å². The molecule has 94 valence electrons. The number of aliphatic hydroxyl groups excluding tert-OH is 2. The first-order valence-electron chi connectivity index (χ1n) is 5.30. The van der Waals surface area contributed by atoms with Gasteiger partial charge in [-0.15, -0.1) is 0 Å². The monoisotopic (exact) mass is 239 g/mol. The second-order valence-electron chi connectivity index (χ2n) is 3.74. The highest BCUT2D eigenvalue weighted by Gasteiger charge is 2.21. The summed E-state index contributed by atoms with van der Waals surface area (Å²) in [5.41, 5.74) is 6.86. The number of esters is 1. The Bertz CT molecular complexity index is 381. The predicted octanol–water partition coefficient (Wildman–Crippen LogP) is 0.103. The minimum Gasteiger partial charge on any atom is -0.469 e. The number of ether oxygens (including phenoxy) is 1. The summed E-state index contributed by atoms with van der Waals surface area (Å²) in [4.78, 5) is 11.0. The van der Waals surface area contributed by atoms with Crippen molar-refractivity contribution in [3.8, 4) is 0 Å². The van der Waals surface area contributed by atoms with Crippen LogP contribution in [0.3, 0.4) is 0 Å². The molecule has 0 fully saturated rings. The molecule has 1 rings (SSSR count). The lowest BCUT2D eigenvalue weighted by molar-refractivity contribution is -0.144. The smallest absolute Gasteiger partial charge is 0.308 e. The van der Waals surface area contributed by atoms with Gasteiger partial charge in [-0.25, -0.2) is 0 Å². The summed E-state index contributed by atoms with van der Waals surface area (Å²) in [6.07, 6.45) is -2.55. The first kappa shape index (κ1) is 13.6. The molecule has 2 unspecified atom stereocenters. The molecule has 17 heavy (non-hydrogen) atoms. The zero-order valence-electron chi connectivity index (χ0n) is 9.67. The van der Waals surface area contributed by atoms with Gasteiger partial charge in [-0.05, 0) is 11.1 Å². The van der Waals surface area contributed by atoms with Crippen molar-refractivity contribution in [3.05, 3.63) is 35.4 Å². The Labute approximate surface area is 99.8 Å². The van der Waals surface area contributed by atoms with E-state index in [1.165, 1.54) is 7.11 Å². The van der Waals surface area contributed by atoms with Gasteiger partial charge in [0.05, 0.1) is 19.6 Å². The highest BCUT2D eigenvalue weighted by molar-refractivity contribution is 5.69. The number of nitrogens with two attached hydrogens (primary N) is 1. The lowest BCUT2D eigenvalue weighted by Crippen LogP contribution is -2.22. The summed E-state index contributed by atoms with van der Waals surface area (Å²) >= 11 is 0. The van der Waals surface area contributed by atoms with Crippen molar-refractivity contribution in [2.24, 2.45) is 5.73 Å². The van der Waals surface area contributed by atoms with Crippen LogP contribution in [0.25, 0.3) is 0 Å². The number of aliphatic hydroxyl groups is 2. The molecule has 0 saturated carbocycles. The van der Waals surface area contributed by atoms with Crippen molar-refractivity contribution in [1.29, 1.82) is 0 Å². The third-order valence-electron chi connectivity index (χ3n) is 2.50. The molecule has 0 amide bonds. The van der Waals surface area contributed by atoms with Crippen LogP contribution in [-0.2, 0) is 16.1 Å². The van der Waals surface area contributed by atoms with Crippen molar-refractivity contribution in [2.45, 2.75) is 25.2 Å². The van der Waals surface area contributed by atoms with Gasteiger partial charge in [0.1, 0.15) is 6.10 Å². The van der Waals surface area contributed by atoms with Crippen LogP contribution < -0.4 is 5.73 Å². The highest BCUT2D eigenvalue weighted by Crippen LogP contribution is 2.20. The number of rotatable bonds is 5. The van der Waals surface area contributed by atoms with Gasteiger partial charge in [0.25, 0.3) is 0 Å². The fraction of sp³-hybridized carbons (Fsp3) is 0.417. The largest absolute Gasteiger partial charge is 0.469 e. The van der Waals surface area contributed by atoms with Gasteiger partial charge in [-0.2, -0.15) is 0 Å². The van der Waals surface area contributed by atoms with Gasteiger partial charge >= 0.3 is 5.97 Å². The summed E-state index contributed by atoms with van der Waals surface area (Å²) in [7, 11) is 1.23. The van der Waals surface area contributed by atoms with E-state index >= 15 is 0 Å². The van der Waals surface area contributed by atoms with Crippen molar-refractivity contribution >= 4 is 5.97 Å². The fourth-order valence-electron chi connectivity index (χ4n) is 1.49. The Morgan fingerprint density at radius 2 is 2.18 bits per heavy atom. The maximum Gasteiger partial charge on any atom is 0.308 e. The van der Waals surface area contributed by atoms with Crippen LogP contribution in [0, 0.1) is 0 Å². The molecule has 0 spiro atoms.